The SMILES string of the molecule is O=C(c1ccc2c(=O)n(CCC3=CCCCC3)c(=S)[nH]c2c1)N1CCN(c2cccc(Cl)c2)CC1. The maximum absolute atomic E-state index is 13.2. The third kappa shape index (κ3) is 5.21. The predicted molar refractivity (Wildman–Crippen MR) is 144 cm³/mol. The van der Waals surface area contributed by atoms with Gasteiger partial charge in [0.05, 0.1) is 10.9 Å². The lowest BCUT2D eigenvalue weighted by Crippen LogP contribution is -2.48. The molecule has 1 fully saturated rings. The van der Waals surface area contributed by atoms with E-state index in [-0.39, 0.29) is 11.5 Å². The van der Waals surface area contributed by atoms with Gasteiger partial charge in [0.1, 0.15) is 0 Å². The minimum Gasteiger partial charge on any atom is -0.368 e. The monoisotopic (exact) mass is 508 g/mol. The normalized spacial score (nSPS) is 16.4. The van der Waals surface area contributed by atoms with Crippen molar-refractivity contribution in [3.05, 3.63) is 79.8 Å². The topological polar surface area (TPSA) is 61.3 Å². The van der Waals surface area contributed by atoms with Crippen LogP contribution in [0.4, 0.5) is 5.69 Å². The molecule has 0 atom stereocenters. The fraction of sp³-hybridized carbons (Fsp3) is 0.370. The zero-order valence-corrected chi connectivity index (χ0v) is 21.2. The summed E-state index contributed by atoms with van der Waals surface area (Å²) in [5.41, 5.74) is 3.54. The third-order valence-corrected chi connectivity index (χ3v) is 7.57. The highest BCUT2D eigenvalue weighted by atomic mass is 35.5. The van der Waals surface area contributed by atoms with Crippen molar-refractivity contribution in [3.8, 4) is 0 Å². The first-order valence-electron chi connectivity index (χ1n) is 12.2. The molecule has 1 amide bonds. The number of amides is 1. The number of piperazine rings is 1. The van der Waals surface area contributed by atoms with E-state index in [4.69, 9.17) is 23.8 Å². The molecule has 1 aromatic heterocycles. The molecule has 3 aromatic rings. The molecule has 1 aliphatic carbocycles. The molecule has 0 saturated carbocycles. The number of carbonyl (C=O) groups is 1. The molecule has 0 bridgehead atoms. The first-order chi connectivity index (χ1) is 17.0. The summed E-state index contributed by atoms with van der Waals surface area (Å²) in [4.78, 5) is 33.6. The second-order valence-electron chi connectivity index (χ2n) is 9.26. The number of carbonyl (C=O) groups excluding carboxylic acids is 1. The van der Waals surface area contributed by atoms with Gasteiger partial charge in [-0.25, -0.2) is 0 Å². The maximum atomic E-state index is 13.2. The Hall–Kier alpha value is -2.90. The third-order valence-electron chi connectivity index (χ3n) is 7.01. The quantitative estimate of drug-likeness (QED) is 0.362. The Labute approximate surface area is 214 Å². The number of aromatic nitrogens is 2. The highest BCUT2D eigenvalue weighted by Gasteiger charge is 2.23. The Bertz CT molecular complexity index is 1400. The summed E-state index contributed by atoms with van der Waals surface area (Å²) in [6.07, 6.45) is 7.85. The van der Waals surface area contributed by atoms with Gasteiger partial charge in [-0.1, -0.05) is 29.3 Å². The first-order valence-corrected chi connectivity index (χ1v) is 13.0. The summed E-state index contributed by atoms with van der Waals surface area (Å²) in [7, 11) is 0. The van der Waals surface area contributed by atoms with Gasteiger partial charge in [-0.3, -0.25) is 14.2 Å². The van der Waals surface area contributed by atoms with Crippen molar-refractivity contribution in [2.24, 2.45) is 0 Å². The fourth-order valence-electron chi connectivity index (χ4n) is 5.00. The molecule has 2 aromatic carbocycles. The van der Waals surface area contributed by atoms with Crippen LogP contribution in [-0.4, -0.2) is 46.5 Å². The van der Waals surface area contributed by atoms with Gasteiger partial charge in [0.2, 0.25) is 0 Å². The average Bonchev–Trinajstić information content (AvgIpc) is 2.88. The van der Waals surface area contributed by atoms with E-state index in [0.29, 0.717) is 45.9 Å². The van der Waals surface area contributed by atoms with E-state index < -0.39 is 0 Å². The van der Waals surface area contributed by atoms with Crippen molar-refractivity contribution in [3.63, 3.8) is 0 Å². The van der Waals surface area contributed by atoms with Crippen LogP contribution in [-0.2, 0) is 6.54 Å². The summed E-state index contributed by atoms with van der Waals surface area (Å²) in [6.45, 7) is 3.30. The Morgan fingerprint density at radius 2 is 1.89 bits per heavy atom. The van der Waals surface area contributed by atoms with Gasteiger partial charge >= 0.3 is 0 Å². The first kappa shape index (κ1) is 23.8. The molecule has 35 heavy (non-hydrogen) atoms. The lowest BCUT2D eigenvalue weighted by molar-refractivity contribution is 0.0747. The summed E-state index contributed by atoms with van der Waals surface area (Å²) in [6, 6.07) is 13.0. The molecule has 0 radical (unpaired) electrons. The molecule has 1 aliphatic heterocycles. The molecule has 182 valence electrons. The van der Waals surface area contributed by atoms with Crippen molar-refractivity contribution in [2.45, 2.75) is 38.6 Å². The van der Waals surface area contributed by atoms with E-state index >= 15 is 0 Å². The Morgan fingerprint density at radius 1 is 1.06 bits per heavy atom. The number of nitrogens with one attached hydrogen (secondary N) is 1. The minimum absolute atomic E-state index is 0.0367. The standard InChI is InChI=1S/C27H29ClN4O2S/c28-21-7-4-8-22(18-21)30-13-15-31(16-14-30)25(33)20-9-10-23-24(17-20)29-27(35)32(26(23)34)12-11-19-5-2-1-3-6-19/h4-5,7-10,17-18H,1-3,6,11-16H2,(H,29,35). The van der Waals surface area contributed by atoms with Gasteiger partial charge < -0.3 is 14.8 Å². The number of fused-ring (bicyclic) bond motifs is 1. The van der Waals surface area contributed by atoms with Crippen LogP contribution >= 0.6 is 23.8 Å². The second kappa shape index (κ2) is 10.4. The molecule has 1 saturated heterocycles. The van der Waals surface area contributed by atoms with Crippen molar-refractivity contribution in [1.82, 2.24) is 14.5 Å². The number of anilines is 1. The lowest BCUT2D eigenvalue weighted by Gasteiger charge is -2.36. The largest absolute Gasteiger partial charge is 0.368 e. The number of benzene rings is 2. The summed E-state index contributed by atoms with van der Waals surface area (Å²) < 4.78 is 2.04. The van der Waals surface area contributed by atoms with Gasteiger partial charge in [-0.2, -0.15) is 0 Å². The molecule has 5 rings (SSSR count). The Morgan fingerprint density at radius 3 is 2.63 bits per heavy atom. The highest BCUT2D eigenvalue weighted by molar-refractivity contribution is 7.71. The van der Waals surface area contributed by atoms with Crippen LogP contribution < -0.4 is 10.5 Å². The Kier molecular flexibility index (Phi) is 7.07. The van der Waals surface area contributed by atoms with Crippen LogP contribution in [0.15, 0.2) is 58.9 Å². The molecule has 0 spiro atoms. The number of H-pyrrole nitrogens is 1. The van der Waals surface area contributed by atoms with Crippen molar-refractivity contribution >= 4 is 46.3 Å². The summed E-state index contributed by atoms with van der Waals surface area (Å²) in [5, 5.41) is 1.26. The van der Waals surface area contributed by atoms with E-state index in [2.05, 4.69) is 16.0 Å². The molecular weight excluding hydrogens is 480 g/mol. The van der Waals surface area contributed by atoms with Crippen molar-refractivity contribution in [2.75, 3.05) is 31.1 Å². The van der Waals surface area contributed by atoms with Gasteiger partial charge in [-0.05, 0) is 80.7 Å². The van der Waals surface area contributed by atoms with E-state index in [1.54, 1.807) is 22.8 Å². The Balaban J connectivity index is 1.30. The molecule has 8 heteroatoms. The van der Waals surface area contributed by atoms with E-state index in [0.717, 1.165) is 38.0 Å². The second-order valence-corrected chi connectivity index (χ2v) is 10.1. The number of halogens is 1. The smallest absolute Gasteiger partial charge is 0.262 e. The molecule has 0 unspecified atom stereocenters. The van der Waals surface area contributed by atoms with Crippen LogP contribution in [0.5, 0.6) is 0 Å². The van der Waals surface area contributed by atoms with Crippen molar-refractivity contribution < 1.29 is 4.79 Å². The van der Waals surface area contributed by atoms with Crippen LogP contribution in [0, 0.1) is 4.77 Å². The van der Waals surface area contributed by atoms with Gasteiger partial charge in [0, 0.05) is 49.0 Å². The summed E-state index contributed by atoms with van der Waals surface area (Å²) >= 11 is 11.6. The molecule has 6 nitrogen and oxygen atoms in total. The lowest BCUT2D eigenvalue weighted by atomic mass is 9.97. The number of hydrogen-bond acceptors (Lipinski definition) is 4. The van der Waals surface area contributed by atoms with Crippen LogP contribution in [0.25, 0.3) is 10.9 Å². The number of rotatable bonds is 5. The van der Waals surface area contributed by atoms with Crippen LogP contribution in [0.3, 0.4) is 0 Å². The predicted octanol–water partition coefficient (Wildman–Crippen LogP) is 5.57. The number of aromatic amines is 1. The number of nitrogens with zero attached hydrogens (tertiary/aromatic N) is 3. The molecule has 1 N–H and O–H groups in total. The number of hydrogen-bond donors (Lipinski definition) is 1. The summed E-state index contributed by atoms with van der Waals surface area (Å²) in [5.74, 6) is -0.0367. The van der Waals surface area contributed by atoms with E-state index in [1.165, 1.54) is 18.4 Å². The molecular formula is C27H29ClN4O2S. The van der Waals surface area contributed by atoms with E-state index in [1.807, 2.05) is 29.2 Å². The maximum Gasteiger partial charge on any atom is 0.262 e. The van der Waals surface area contributed by atoms with Gasteiger partial charge in [-0.15, -0.1) is 0 Å². The zero-order chi connectivity index (χ0) is 24.4. The van der Waals surface area contributed by atoms with Crippen molar-refractivity contribution in [1.29, 1.82) is 0 Å². The van der Waals surface area contributed by atoms with Gasteiger partial charge in [0.15, 0.2) is 4.77 Å². The molecule has 2 aliphatic rings. The fourth-order valence-corrected chi connectivity index (χ4v) is 5.47. The molecule has 2 heterocycles. The van der Waals surface area contributed by atoms with E-state index in [9.17, 15) is 9.59 Å². The average molecular weight is 509 g/mol. The highest BCUT2D eigenvalue weighted by Crippen LogP contribution is 2.23. The van der Waals surface area contributed by atoms with Crippen LogP contribution in [0.1, 0.15) is 42.5 Å². The zero-order valence-electron chi connectivity index (χ0n) is 19.6. The van der Waals surface area contributed by atoms with Gasteiger partial charge in [0.25, 0.3) is 11.5 Å². The minimum atomic E-state index is -0.103. The van der Waals surface area contributed by atoms with Crippen LogP contribution in [0.2, 0.25) is 5.02 Å². The number of allylic oxidation sites excluding steroid dienone is 2.